The molecule has 0 spiro atoms. The van der Waals surface area contributed by atoms with Gasteiger partial charge in [0.15, 0.2) is 11.5 Å². The third-order valence-electron chi connectivity index (χ3n) is 5.87. The number of H-pyrrole nitrogens is 1. The van der Waals surface area contributed by atoms with Gasteiger partial charge in [-0.05, 0) is 34.4 Å². The molecule has 35 heavy (non-hydrogen) atoms. The van der Waals surface area contributed by atoms with E-state index in [2.05, 4.69) is 32.5 Å². The van der Waals surface area contributed by atoms with Crippen LogP contribution in [0.1, 0.15) is 48.6 Å². The number of carboxylic acid groups (broad SMARTS) is 1. The van der Waals surface area contributed by atoms with Gasteiger partial charge in [0, 0.05) is 32.5 Å². The lowest BCUT2D eigenvalue weighted by molar-refractivity contribution is -0.116. The van der Waals surface area contributed by atoms with Crippen molar-refractivity contribution in [2.24, 2.45) is 0 Å². The van der Waals surface area contributed by atoms with Crippen LogP contribution in [0, 0.1) is 0 Å². The fourth-order valence-electron chi connectivity index (χ4n) is 3.98. The van der Waals surface area contributed by atoms with E-state index in [4.69, 9.17) is 0 Å². The Balaban J connectivity index is 1.83. The second-order valence-electron chi connectivity index (χ2n) is 8.25. The molecule has 4 rings (SSSR count). The second kappa shape index (κ2) is 10.3. The lowest BCUT2D eigenvalue weighted by atomic mass is 9.97. The molecule has 0 unspecified atom stereocenters. The predicted octanol–water partition coefficient (Wildman–Crippen LogP) is 3.80. The van der Waals surface area contributed by atoms with Gasteiger partial charge in [0.05, 0.1) is 0 Å². The number of carbonyl (C=O) groups is 2. The van der Waals surface area contributed by atoms with Crippen LogP contribution in [0.2, 0.25) is 0 Å². The molecule has 2 aromatic heterocycles. The molecule has 4 aromatic rings. The number of amides is 1. The Kier molecular flexibility index (Phi) is 7.00. The molecule has 0 aliphatic rings. The Morgan fingerprint density at radius 3 is 2.51 bits per heavy atom. The second-order valence-corrected chi connectivity index (χ2v) is 8.25. The Hall–Kier alpha value is -4.34. The first-order valence-corrected chi connectivity index (χ1v) is 11.4. The summed E-state index contributed by atoms with van der Waals surface area (Å²) in [5, 5.41) is 24.6. The summed E-state index contributed by atoms with van der Waals surface area (Å²) >= 11 is 0. The first kappa shape index (κ1) is 23.8. The SMILES string of the molecule is CCCCc1nc(N(C)C(C)=O)c(C(=O)O)n1Cc1ccc(-c2ccccc2)c(-c2nn[nH]n2)c1. The van der Waals surface area contributed by atoms with Crippen LogP contribution in [0.3, 0.4) is 0 Å². The number of aromatic carboxylic acids is 1. The topological polar surface area (TPSA) is 130 Å². The van der Waals surface area contributed by atoms with Gasteiger partial charge < -0.3 is 9.67 Å². The van der Waals surface area contributed by atoms with Crippen molar-refractivity contribution in [3.8, 4) is 22.5 Å². The van der Waals surface area contributed by atoms with Crippen molar-refractivity contribution in [2.45, 2.75) is 39.7 Å². The van der Waals surface area contributed by atoms with E-state index in [0.717, 1.165) is 35.1 Å². The van der Waals surface area contributed by atoms with E-state index in [-0.39, 0.29) is 24.0 Å². The van der Waals surface area contributed by atoms with E-state index >= 15 is 0 Å². The highest BCUT2D eigenvalue weighted by Gasteiger charge is 2.27. The third-order valence-corrected chi connectivity index (χ3v) is 5.87. The average molecular weight is 474 g/mol. The zero-order valence-corrected chi connectivity index (χ0v) is 19.9. The fraction of sp³-hybridized carbons (Fsp3) is 0.280. The highest BCUT2D eigenvalue weighted by atomic mass is 16.4. The molecule has 10 nitrogen and oxygen atoms in total. The average Bonchev–Trinajstić information content (AvgIpc) is 3.51. The molecular weight excluding hydrogens is 446 g/mol. The van der Waals surface area contributed by atoms with Crippen molar-refractivity contribution in [2.75, 3.05) is 11.9 Å². The molecule has 2 aromatic carbocycles. The first-order valence-electron chi connectivity index (χ1n) is 11.4. The van der Waals surface area contributed by atoms with E-state index in [1.165, 1.54) is 18.9 Å². The maximum Gasteiger partial charge on any atom is 0.356 e. The van der Waals surface area contributed by atoms with Gasteiger partial charge in [0.1, 0.15) is 5.82 Å². The molecule has 2 heterocycles. The van der Waals surface area contributed by atoms with Crippen LogP contribution in [-0.4, -0.2) is 54.2 Å². The summed E-state index contributed by atoms with van der Waals surface area (Å²) in [6.45, 7) is 3.71. The quantitative estimate of drug-likeness (QED) is 0.378. The van der Waals surface area contributed by atoms with E-state index < -0.39 is 5.97 Å². The molecule has 0 aliphatic heterocycles. The molecule has 0 aliphatic carbocycles. The molecule has 0 fully saturated rings. The number of nitrogens with one attached hydrogen (secondary N) is 1. The Morgan fingerprint density at radius 1 is 1.11 bits per heavy atom. The number of benzene rings is 2. The number of aromatic amines is 1. The zero-order valence-electron chi connectivity index (χ0n) is 19.9. The van der Waals surface area contributed by atoms with Crippen LogP contribution in [0.25, 0.3) is 22.5 Å². The van der Waals surface area contributed by atoms with Crippen LogP contribution >= 0.6 is 0 Å². The third kappa shape index (κ3) is 4.96. The van der Waals surface area contributed by atoms with Crippen molar-refractivity contribution in [3.63, 3.8) is 0 Å². The lowest BCUT2D eigenvalue weighted by Crippen LogP contribution is -2.26. The lowest BCUT2D eigenvalue weighted by Gasteiger charge is -2.15. The van der Waals surface area contributed by atoms with E-state index in [1.807, 2.05) is 48.5 Å². The van der Waals surface area contributed by atoms with Gasteiger partial charge in [0.25, 0.3) is 0 Å². The highest BCUT2D eigenvalue weighted by molar-refractivity contribution is 5.98. The molecule has 0 saturated carbocycles. The van der Waals surface area contributed by atoms with E-state index in [1.54, 1.807) is 4.57 Å². The molecule has 180 valence electrons. The minimum atomic E-state index is -1.14. The van der Waals surface area contributed by atoms with Crippen LogP contribution in [0.15, 0.2) is 48.5 Å². The number of aromatic nitrogens is 6. The summed E-state index contributed by atoms with van der Waals surface area (Å²) in [5.41, 5.74) is 3.54. The number of anilines is 1. The number of tetrazole rings is 1. The Morgan fingerprint density at radius 2 is 1.89 bits per heavy atom. The highest BCUT2D eigenvalue weighted by Crippen LogP contribution is 2.32. The number of rotatable bonds is 9. The van der Waals surface area contributed by atoms with E-state index in [0.29, 0.717) is 18.1 Å². The van der Waals surface area contributed by atoms with Crippen molar-refractivity contribution in [1.82, 2.24) is 30.2 Å². The number of hydrogen-bond acceptors (Lipinski definition) is 6. The first-order chi connectivity index (χ1) is 16.9. The minimum Gasteiger partial charge on any atom is -0.476 e. The van der Waals surface area contributed by atoms with Crippen LogP contribution in [-0.2, 0) is 17.8 Å². The van der Waals surface area contributed by atoms with Gasteiger partial charge >= 0.3 is 5.97 Å². The summed E-state index contributed by atoms with van der Waals surface area (Å²) in [6, 6.07) is 15.7. The molecule has 0 saturated heterocycles. The maximum atomic E-state index is 12.3. The Bertz CT molecular complexity index is 1330. The molecule has 10 heteroatoms. The predicted molar refractivity (Wildman–Crippen MR) is 131 cm³/mol. The van der Waals surface area contributed by atoms with Crippen LogP contribution < -0.4 is 4.90 Å². The van der Waals surface area contributed by atoms with Gasteiger partial charge in [-0.15, -0.1) is 10.2 Å². The van der Waals surface area contributed by atoms with Gasteiger partial charge in [-0.25, -0.2) is 9.78 Å². The standard InChI is InChI=1S/C25H27N7O3/c1-4-5-11-21-26-24(31(3)16(2)33)22(25(34)35)32(21)15-17-12-13-19(18-9-7-6-8-10-18)20(14-17)23-27-29-30-28-23/h6-10,12-14H,4-5,11,15H2,1-3H3,(H,34,35)(H,27,28,29,30). The molecule has 1 amide bonds. The van der Waals surface area contributed by atoms with Crippen molar-refractivity contribution in [1.29, 1.82) is 0 Å². The monoisotopic (exact) mass is 473 g/mol. The Labute approximate surface area is 202 Å². The van der Waals surface area contributed by atoms with Crippen molar-refractivity contribution < 1.29 is 14.7 Å². The molecule has 0 atom stereocenters. The summed E-state index contributed by atoms with van der Waals surface area (Å²) in [5.74, 6) is -0.206. The number of unbranched alkanes of at least 4 members (excludes halogenated alkanes) is 1. The maximum absolute atomic E-state index is 12.3. The number of carbonyl (C=O) groups excluding carboxylic acids is 1. The van der Waals surface area contributed by atoms with Gasteiger partial charge in [-0.2, -0.15) is 5.21 Å². The van der Waals surface area contributed by atoms with Crippen LogP contribution in [0.5, 0.6) is 0 Å². The zero-order chi connectivity index (χ0) is 24.9. The van der Waals surface area contributed by atoms with Crippen molar-refractivity contribution in [3.05, 3.63) is 65.6 Å². The summed E-state index contributed by atoms with van der Waals surface area (Å²) in [7, 11) is 1.54. The van der Waals surface area contributed by atoms with Gasteiger partial charge in [-0.1, -0.05) is 55.8 Å². The normalized spacial score (nSPS) is 10.9. The number of aryl methyl sites for hydroxylation is 1. The van der Waals surface area contributed by atoms with Gasteiger partial charge in [0.2, 0.25) is 11.7 Å². The number of imidazole rings is 1. The fourth-order valence-corrected chi connectivity index (χ4v) is 3.98. The molecule has 0 radical (unpaired) electrons. The van der Waals surface area contributed by atoms with Crippen LogP contribution in [0.4, 0.5) is 5.82 Å². The molecule has 2 N–H and O–H groups in total. The number of hydrogen-bond donors (Lipinski definition) is 2. The summed E-state index contributed by atoms with van der Waals surface area (Å²) < 4.78 is 1.68. The minimum absolute atomic E-state index is 0.0120. The summed E-state index contributed by atoms with van der Waals surface area (Å²) in [4.78, 5) is 30.2. The largest absolute Gasteiger partial charge is 0.476 e. The summed E-state index contributed by atoms with van der Waals surface area (Å²) in [6.07, 6.45) is 2.38. The van der Waals surface area contributed by atoms with E-state index in [9.17, 15) is 14.7 Å². The molecular formula is C25H27N7O3. The number of carboxylic acids is 1. The number of nitrogens with zero attached hydrogens (tertiary/aromatic N) is 6. The molecule has 0 bridgehead atoms. The van der Waals surface area contributed by atoms with Crippen molar-refractivity contribution >= 4 is 17.7 Å². The smallest absolute Gasteiger partial charge is 0.356 e. The van der Waals surface area contributed by atoms with Gasteiger partial charge in [-0.3, -0.25) is 9.69 Å².